The van der Waals surface area contributed by atoms with Crippen molar-refractivity contribution in [1.29, 1.82) is 5.26 Å². The second kappa shape index (κ2) is 9.11. The highest BCUT2D eigenvalue weighted by atomic mass is 35.5. The fraction of sp³-hybridized carbons (Fsp3) is 0.435. The van der Waals surface area contributed by atoms with E-state index in [1.807, 2.05) is 24.3 Å². The summed E-state index contributed by atoms with van der Waals surface area (Å²) in [6.45, 7) is 1.89. The first-order valence-electron chi connectivity index (χ1n) is 9.64. The monoisotopic (exact) mass is 400 g/mol. The van der Waals surface area contributed by atoms with Crippen LogP contribution in [0.4, 0.5) is 0 Å². The second-order valence-corrected chi connectivity index (χ2v) is 8.48. The lowest BCUT2D eigenvalue weighted by atomic mass is 9.61. The lowest BCUT2D eigenvalue weighted by Gasteiger charge is -2.41. The number of benzene rings is 2. The van der Waals surface area contributed by atoms with Crippen LogP contribution in [0.1, 0.15) is 43.2 Å². The van der Waals surface area contributed by atoms with E-state index in [1.165, 1.54) is 12.0 Å². The van der Waals surface area contributed by atoms with E-state index >= 15 is 0 Å². The molecule has 0 aromatic heterocycles. The quantitative estimate of drug-likeness (QED) is 0.507. The zero-order valence-corrected chi connectivity index (χ0v) is 17.3. The maximum Gasteiger partial charge on any atom is 0.0851 e. The topological polar surface area (TPSA) is 27.0 Å². The van der Waals surface area contributed by atoms with Crippen LogP contribution < -0.4 is 0 Å². The minimum absolute atomic E-state index is 0.416. The molecule has 4 heteroatoms. The molecule has 1 unspecified atom stereocenters. The van der Waals surface area contributed by atoms with Crippen LogP contribution in [0.15, 0.2) is 48.5 Å². The van der Waals surface area contributed by atoms with Crippen LogP contribution in [0.2, 0.25) is 10.0 Å². The normalized spacial score (nSPS) is 16.6. The van der Waals surface area contributed by atoms with Gasteiger partial charge in [-0.25, -0.2) is 0 Å². The van der Waals surface area contributed by atoms with E-state index in [-0.39, 0.29) is 0 Å². The summed E-state index contributed by atoms with van der Waals surface area (Å²) in [7, 11) is 2.14. The first kappa shape index (κ1) is 20.2. The zero-order chi connectivity index (χ0) is 19.3. The third-order valence-corrected chi connectivity index (χ3v) is 6.58. The number of hydrogen-bond acceptors (Lipinski definition) is 2. The summed E-state index contributed by atoms with van der Waals surface area (Å²) in [5, 5.41) is 11.3. The Morgan fingerprint density at radius 2 is 1.85 bits per heavy atom. The van der Waals surface area contributed by atoms with Gasteiger partial charge in [0.25, 0.3) is 0 Å². The van der Waals surface area contributed by atoms with Gasteiger partial charge in [-0.2, -0.15) is 5.26 Å². The molecule has 1 aliphatic carbocycles. The Bertz CT molecular complexity index is 796. The minimum Gasteiger partial charge on any atom is -0.302 e. The zero-order valence-electron chi connectivity index (χ0n) is 15.8. The number of rotatable bonds is 8. The summed E-state index contributed by atoms with van der Waals surface area (Å²) in [6, 6.07) is 18.9. The molecule has 3 rings (SSSR count). The molecule has 0 heterocycles. The van der Waals surface area contributed by atoms with Gasteiger partial charge in [0.2, 0.25) is 0 Å². The van der Waals surface area contributed by atoms with E-state index in [4.69, 9.17) is 23.2 Å². The Morgan fingerprint density at radius 3 is 2.44 bits per heavy atom. The molecule has 27 heavy (non-hydrogen) atoms. The SMILES string of the molecule is CN(CCCC(C#N)(c1ccc(Cl)c(Cl)c1)C1CCC1)Cc1ccccc1. The maximum atomic E-state index is 10.2. The molecule has 1 aliphatic rings. The lowest BCUT2D eigenvalue weighted by molar-refractivity contribution is 0.188. The van der Waals surface area contributed by atoms with E-state index in [9.17, 15) is 5.26 Å². The van der Waals surface area contributed by atoms with E-state index < -0.39 is 5.41 Å². The summed E-state index contributed by atoms with van der Waals surface area (Å²) in [5.41, 5.74) is 1.88. The molecule has 0 saturated heterocycles. The van der Waals surface area contributed by atoms with Gasteiger partial charge in [-0.3, -0.25) is 0 Å². The van der Waals surface area contributed by atoms with Gasteiger partial charge in [0.05, 0.1) is 21.5 Å². The fourth-order valence-corrected chi connectivity index (χ4v) is 4.37. The molecule has 142 valence electrons. The number of hydrogen-bond donors (Lipinski definition) is 0. The summed E-state index contributed by atoms with van der Waals surface area (Å²) in [6.07, 6.45) is 5.28. The van der Waals surface area contributed by atoms with Crippen molar-refractivity contribution in [1.82, 2.24) is 4.90 Å². The van der Waals surface area contributed by atoms with E-state index in [0.717, 1.165) is 44.3 Å². The molecule has 1 atom stereocenters. The molecule has 2 aromatic rings. The Hall–Kier alpha value is -1.53. The summed E-state index contributed by atoms with van der Waals surface area (Å²) >= 11 is 12.4. The maximum absolute atomic E-state index is 10.2. The Balaban J connectivity index is 1.69. The van der Waals surface area contributed by atoms with E-state index in [2.05, 4.69) is 42.3 Å². The van der Waals surface area contributed by atoms with Crippen molar-refractivity contribution in [3.05, 3.63) is 69.7 Å². The average Bonchev–Trinajstić information content (AvgIpc) is 2.62. The van der Waals surface area contributed by atoms with Crippen molar-refractivity contribution in [3.8, 4) is 6.07 Å². The van der Waals surface area contributed by atoms with Crippen LogP contribution in [-0.2, 0) is 12.0 Å². The van der Waals surface area contributed by atoms with Gasteiger partial charge in [-0.1, -0.05) is 66.0 Å². The molecule has 0 N–H and O–H groups in total. The van der Waals surface area contributed by atoms with Crippen LogP contribution >= 0.6 is 23.2 Å². The summed E-state index contributed by atoms with van der Waals surface area (Å²) in [4.78, 5) is 2.33. The molecule has 0 bridgehead atoms. The number of nitriles is 1. The minimum atomic E-state index is -0.458. The Kier molecular flexibility index (Phi) is 6.82. The largest absolute Gasteiger partial charge is 0.302 e. The third kappa shape index (κ3) is 4.66. The van der Waals surface area contributed by atoms with Crippen LogP contribution in [0.25, 0.3) is 0 Å². The smallest absolute Gasteiger partial charge is 0.0851 e. The number of nitrogens with zero attached hydrogens (tertiary/aromatic N) is 2. The third-order valence-electron chi connectivity index (χ3n) is 5.84. The van der Waals surface area contributed by atoms with Gasteiger partial charge in [0.15, 0.2) is 0 Å². The standard InChI is InChI=1S/C23H26Cl2N2/c1-27(16-18-7-3-2-4-8-18)14-6-13-23(17-26,19-9-5-10-19)20-11-12-21(24)22(25)15-20/h2-4,7-8,11-12,15,19H,5-6,9-10,13-14,16H2,1H3. The second-order valence-electron chi connectivity index (χ2n) is 7.67. The predicted octanol–water partition coefficient (Wildman–Crippen LogP) is 6.47. The molecular formula is C23H26Cl2N2. The Labute approximate surface area is 172 Å². The van der Waals surface area contributed by atoms with Crippen molar-refractivity contribution in [2.75, 3.05) is 13.6 Å². The predicted molar refractivity (Wildman–Crippen MR) is 113 cm³/mol. The summed E-state index contributed by atoms with van der Waals surface area (Å²) in [5.74, 6) is 0.416. The van der Waals surface area contributed by atoms with Crippen LogP contribution in [-0.4, -0.2) is 18.5 Å². The molecule has 0 spiro atoms. The van der Waals surface area contributed by atoms with Crippen molar-refractivity contribution in [2.24, 2.45) is 5.92 Å². The van der Waals surface area contributed by atoms with Crippen LogP contribution in [0.3, 0.4) is 0 Å². The van der Waals surface area contributed by atoms with Gasteiger partial charge in [-0.05, 0) is 68.5 Å². The summed E-state index contributed by atoms with van der Waals surface area (Å²) < 4.78 is 0. The first-order chi connectivity index (χ1) is 13.0. The fourth-order valence-electron chi connectivity index (χ4n) is 4.07. The van der Waals surface area contributed by atoms with Crippen molar-refractivity contribution in [2.45, 2.75) is 44.1 Å². The molecule has 0 amide bonds. The van der Waals surface area contributed by atoms with Crippen molar-refractivity contribution in [3.63, 3.8) is 0 Å². The van der Waals surface area contributed by atoms with E-state index in [1.54, 1.807) is 0 Å². The van der Waals surface area contributed by atoms with E-state index in [0.29, 0.717) is 16.0 Å². The highest BCUT2D eigenvalue weighted by Gasteiger charge is 2.43. The van der Waals surface area contributed by atoms with Crippen molar-refractivity contribution >= 4 is 23.2 Å². The highest BCUT2D eigenvalue weighted by molar-refractivity contribution is 6.42. The first-order valence-corrected chi connectivity index (χ1v) is 10.4. The molecule has 0 aliphatic heterocycles. The van der Waals surface area contributed by atoms with Gasteiger partial charge < -0.3 is 4.90 Å². The average molecular weight is 401 g/mol. The van der Waals surface area contributed by atoms with Crippen LogP contribution in [0.5, 0.6) is 0 Å². The Morgan fingerprint density at radius 1 is 1.11 bits per heavy atom. The molecule has 1 fully saturated rings. The molecular weight excluding hydrogens is 375 g/mol. The van der Waals surface area contributed by atoms with Gasteiger partial charge >= 0.3 is 0 Å². The molecule has 1 saturated carbocycles. The van der Waals surface area contributed by atoms with Crippen molar-refractivity contribution < 1.29 is 0 Å². The molecule has 2 nitrogen and oxygen atoms in total. The van der Waals surface area contributed by atoms with Gasteiger partial charge in [-0.15, -0.1) is 0 Å². The molecule has 2 aromatic carbocycles. The number of halogens is 2. The van der Waals surface area contributed by atoms with Gasteiger partial charge in [0, 0.05) is 6.54 Å². The van der Waals surface area contributed by atoms with Crippen LogP contribution in [0, 0.1) is 17.2 Å². The van der Waals surface area contributed by atoms with Gasteiger partial charge in [0.1, 0.15) is 0 Å². The molecule has 0 radical (unpaired) electrons. The highest BCUT2D eigenvalue weighted by Crippen LogP contribution is 2.47. The lowest BCUT2D eigenvalue weighted by Crippen LogP contribution is -2.38.